The molecule has 1 fully saturated rings. The predicted octanol–water partition coefficient (Wildman–Crippen LogP) is 2.23. The number of hydrogen-bond acceptors (Lipinski definition) is 4. The quantitative estimate of drug-likeness (QED) is 0.805. The zero-order chi connectivity index (χ0) is 15.7. The Morgan fingerprint density at radius 3 is 2.81 bits per heavy atom. The SMILES string of the molecule is CC1(N)C=CC(C2CN(C(=O)OC(C)(C)C)CCO2)=CC1. The van der Waals surface area contributed by atoms with E-state index in [2.05, 4.69) is 6.08 Å². The third-order valence-electron chi connectivity index (χ3n) is 3.52. The average Bonchev–Trinajstić information content (AvgIpc) is 2.37. The molecule has 2 aliphatic rings. The topological polar surface area (TPSA) is 64.8 Å². The molecular formula is C16H26N2O3. The third-order valence-corrected chi connectivity index (χ3v) is 3.52. The van der Waals surface area contributed by atoms with Gasteiger partial charge in [-0.1, -0.05) is 18.2 Å². The van der Waals surface area contributed by atoms with Crippen LogP contribution in [0.25, 0.3) is 0 Å². The molecule has 5 nitrogen and oxygen atoms in total. The molecule has 1 amide bonds. The van der Waals surface area contributed by atoms with Gasteiger partial charge in [0.1, 0.15) is 5.60 Å². The summed E-state index contributed by atoms with van der Waals surface area (Å²) in [5.41, 5.74) is 6.38. The first-order chi connectivity index (χ1) is 9.66. The van der Waals surface area contributed by atoms with E-state index in [1.807, 2.05) is 39.8 Å². The highest BCUT2D eigenvalue weighted by molar-refractivity contribution is 5.68. The summed E-state index contributed by atoms with van der Waals surface area (Å²) >= 11 is 0. The number of nitrogens with zero attached hydrogens (tertiary/aromatic N) is 1. The number of carbonyl (C=O) groups excluding carboxylic acids is 1. The van der Waals surface area contributed by atoms with Gasteiger partial charge in [-0.05, 0) is 39.7 Å². The number of nitrogens with two attached hydrogens (primary N) is 1. The van der Waals surface area contributed by atoms with Crippen LogP contribution in [-0.2, 0) is 9.47 Å². The van der Waals surface area contributed by atoms with E-state index in [4.69, 9.17) is 15.2 Å². The van der Waals surface area contributed by atoms with Crippen molar-refractivity contribution in [2.75, 3.05) is 19.7 Å². The van der Waals surface area contributed by atoms with Crippen LogP contribution in [0.5, 0.6) is 0 Å². The minimum atomic E-state index is -0.476. The van der Waals surface area contributed by atoms with Crippen LogP contribution in [0, 0.1) is 0 Å². The Hall–Kier alpha value is -1.33. The van der Waals surface area contributed by atoms with Gasteiger partial charge in [0, 0.05) is 12.1 Å². The molecule has 0 saturated carbocycles. The molecule has 5 heteroatoms. The highest BCUT2D eigenvalue weighted by Crippen LogP contribution is 2.24. The highest BCUT2D eigenvalue weighted by Gasteiger charge is 2.30. The molecule has 1 aliphatic heterocycles. The van der Waals surface area contributed by atoms with E-state index < -0.39 is 5.60 Å². The lowest BCUT2D eigenvalue weighted by Crippen LogP contribution is -2.48. The van der Waals surface area contributed by atoms with Gasteiger partial charge in [0.25, 0.3) is 0 Å². The van der Waals surface area contributed by atoms with E-state index in [9.17, 15) is 4.79 Å². The fourth-order valence-corrected chi connectivity index (χ4v) is 2.34. The fraction of sp³-hybridized carbons (Fsp3) is 0.688. The van der Waals surface area contributed by atoms with Crippen molar-refractivity contribution in [1.29, 1.82) is 0 Å². The summed E-state index contributed by atoms with van der Waals surface area (Å²) in [4.78, 5) is 13.8. The van der Waals surface area contributed by atoms with Crippen molar-refractivity contribution in [2.45, 2.75) is 51.4 Å². The Bertz CT molecular complexity index is 461. The summed E-state index contributed by atoms with van der Waals surface area (Å²) in [5.74, 6) is 0. The van der Waals surface area contributed by atoms with Crippen LogP contribution in [0.2, 0.25) is 0 Å². The molecule has 0 spiro atoms. The summed E-state index contributed by atoms with van der Waals surface area (Å²) in [6, 6.07) is 0. The molecule has 2 atom stereocenters. The number of morpholine rings is 1. The van der Waals surface area contributed by atoms with Gasteiger partial charge in [-0.3, -0.25) is 0 Å². The Labute approximate surface area is 126 Å². The van der Waals surface area contributed by atoms with Gasteiger partial charge in [0.05, 0.1) is 19.3 Å². The zero-order valence-corrected chi connectivity index (χ0v) is 13.4. The number of rotatable bonds is 1. The molecule has 2 rings (SSSR count). The van der Waals surface area contributed by atoms with Crippen LogP contribution in [0.1, 0.15) is 34.1 Å². The summed E-state index contributed by atoms with van der Waals surface area (Å²) in [7, 11) is 0. The zero-order valence-electron chi connectivity index (χ0n) is 13.4. The molecule has 118 valence electrons. The van der Waals surface area contributed by atoms with Crippen molar-refractivity contribution in [2.24, 2.45) is 5.73 Å². The van der Waals surface area contributed by atoms with E-state index in [0.29, 0.717) is 19.7 Å². The van der Waals surface area contributed by atoms with Gasteiger partial charge in [0.15, 0.2) is 0 Å². The van der Waals surface area contributed by atoms with Gasteiger partial charge in [-0.25, -0.2) is 4.79 Å². The van der Waals surface area contributed by atoms with Crippen molar-refractivity contribution in [3.05, 3.63) is 23.8 Å². The smallest absolute Gasteiger partial charge is 0.410 e. The fourth-order valence-electron chi connectivity index (χ4n) is 2.34. The second-order valence-corrected chi connectivity index (χ2v) is 7.03. The van der Waals surface area contributed by atoms with Gasteiger partial charge >= 0.3 is 6.09 Å². The summed E-state index contributed by atoms with van der Waals surface area (Å²) in [5, 5.41) is 0. The predicted molar refractivity (Wildman–Crippen MR) is 82.0 cm³/mol. The van der Waals surface area contributed by atoms with Crippen LogP contribution in [0.4, 0.5) is 4.79 Å². The molecule has 0 aromatic rings. The molecule has 0 bridgehead atoms. The second kappa shape index (κ2) is 5.81. The van der Waals surface area contributed by atoms with Crippen LogP contribution in [-0.4, -0.2) is 47.9 Å². The van der Waals surface area contributed by atoms with E-state index in [1.54, 1.807) is 4.90 Å². The van der Waals surface area contributed by atoms with E-state index >= 15 is 0 Å². The van der Waals surface area contributed by atoms with Crippen LogP contribution in [0.15, 0.2) is 23.8 Å². The van der Waals surface area contributed by atoms with Crippen molar-refractivity contribution >= 4 is 6.09 Å². The highest BCUT2D eigenvalue weighted by atomic mass is 16.6. The molecule has 1 aliphatic carbocycles. The monoisotopic (exact) mass is 294 g/mol. The van der Waals surface area contributed by atoms with Crippen molar-refractivity contribution in [1.82, 2.24) is 4.90 Å². The minimum Gasteiger partial charge on any atom is -0.444 e. The first-order valence-electron chi connectivity index (χ1n) is 7.44. The molecule has 0 radical (unpaired) electrons. The lowest BCUT2D eigenvalue weighted by molar-refractivity contribution is -0.0289. The van der Waals surface area contributed by atoms with Gasteiger partial charge in [-0.2, -0.15) is 0 Å². The van der Waals surface area contributed by atoms with E-state index in [0.717, 1.165) is 12.0 Å². The standard InChI is InChI=1S/C16H26N2O3/c1-15(2,3)21-14(19)18-9-10-20-13(11-18)12-5-7-16(4,17)8-6-12/h5-7,13H,8-11,17H2,1-4H3. The Morgan fingerprint density at radius 2 is 2.24 bits per heavy atom. The maximum atomic E-state index is 12.1. The summed E-state index contributed by atoms with van der Waals surface area (Å²) in [6.45, 7) is 9.22. The normalized spacial score (nSPS) is 30.0. The number of ether oxygens (including phenoxy) is 2. The minimum absolute atomic E-state index is 0.0985. The van der Waals surface area contributed by atoms with Crippen LogP contribution in [0.3, 0.4) is 0 Å². The summed E-state index contributed by atoms with van der Waals surface area (Å²) < 4.78 is 11.2. The molecule has 21 heavy (non-hydrogen) atoms. The number of hydrogen-bond donors (Lipinski definition) is 1. The van der Waals surface area contributed by atoms with E-state index in [1.165, 1.54) is 0 Å². The van der Waals surface area contributed by atoms with Crippen molar-refractivity contribution in [3.63, 3.8) is 0 Å². The number of carbonyl (C=O) groups is 1. The lowest BCUT2D eigenvalue weighted by atomic mass is 9.89. The molecule has 0 aromatic carbocycles. The summed E-state index contributed by atoms with van der Waals surface area (Å²) in [6.07, 6.45) is 6.51. The largest absolute Gasteiger partial charge is 0.444 e. The molecule has 2 N–H and O–H groups in total. The molecule has 0 aromatic heterocycles. The first kappa shape index (κ1) is 16.0. The Kier molecular flexibility index (Phi) is 4.44. The number of amides is 1. The van der Waals surface area contributed by atoms with Crippen LogP contribution >= 0.6 is 0 Å². The Morgan fingerprint density at radius 1 is 1.52 bits per heavy atom. The average molecular weight is 294 g/mol. The third kappa shape index (κ3) is 4.58. The maximum Gasteiger partial charge on any atom is 0.410 e. The lowest BCUT2D eigenvalue weighted by Gasteiger charge is -2.36. The second-order valence-electron chi connectivity index (χ2n) is 7.03. The van der Waals surface area contributed by atoms with Gasteiger partial charge in [0.2, 0.25) is 0 Å². The van der Waals surface area contributed by atoms with Gasteiger partial charge in [-0.15, -0.1) is 0 Å². The molecule has 2 unspecified atom stereocenters. The van der Waals surface area contributed by atoms with Crippen molar-refractivity contribution in [3.8, 4) is 0 Å². The maximum absolute atomic E-state index is 12.1. The van der Waals surface area contributed by atoms with E-state index in [-0.39, 0.29) is 17.7 Å². The van der Waals surface area contributed by atoms with Crippen LogP contribution < -0.4 is 5.73 Å². The van der Waals surface area contributed by atoms with Gasteiger partial charge < -0.3 is 20.1 Å². The Balaban J connectivity index is 1.97. The molecule has 1 saturated heterocycles. The van der Waals surface area contributed by atoms with Crippen molar-refractivity contribution < 1.29 is 14.3 Å². The molecular weight excluding hydrogens is 268 g/mol. The first-order valence-corrected chi connectivity index (χ1v) is 7.44. The molecule has 1 heterocycles.